The van der Waals surface area contributed by atoms with Gasteiger partial charge in [0.15, 0.2) is 0 Å². The highest BCUT2D eigenvalue weighted by atomic mass is 35.5. The lowest BCUT2D eigenvalue weighted by molar-refractivity contribution is 0.627. The maximum absolute atomic E-state index is 13.7. The highest BCUT2D eigenvalue weighted by Gasteiger charge is 2.10. The largest absolute Gasteiger partial charge is 0.342 e. The molecule has 0 bridgehead atoms. The summed E-state index contributed by atoms with van der Waals surface area (Å²) in [6, 6.07) is 12.1. The Morgan fingerprint density at radius 1 is 1.17 bits per heavy atom. The van der Waals surface area contributed by atoms with Gasteiger partial charge in [-0.3, -0.25) is 0 Å². The second kappa shape index (κ2) is 5.59. The number of alkyl halides is 1. The van der Waals surface area contributed by atoms with Crippen molar-refractivity contribution in [1.82, 2.24) is 0 Å². The number of hydrogen-bond donors (Lipinski definition) is 0. The molecule has 0 spiro atoms. The summed E-state index contributed by atoms with van der Waals surface area (Å²) in [6.45, 7) is 0. The molecule has 0 N–H and O–H groups in total. The van der Waals surface area contributed by atoms with Crippen molar-refractivity contribution in [2.45, 2.75) is 5.88 Å². The van der Waals surface area contributed by atoms with Crippen LogP contribution in [0.2, 0.25) is 5.02 Å². The lowest BCUT2D eigenvalue weighted by Crippen LogP contribution is -2.11. The first-order valence-corrected chi connectivity index (χ1v) is 6.37. The molecule has 0 atom stereocenters. The fraction of sp³-hybridized carbons (Fsp3) is 0.143. The zero-order valence-corrected chi connectivity index (χ0v) is 11.3. The van der Waals surface area contributed by atoms with Gasteiger partial charge in [0.1, 0.15) is 5.82 Å². The molecule has 2 rings (SSSR count). The Labute approximate surface area is 116 Å². The third-order valence-corrected chi connectivity index (χ3v) is 3.42. The molecule has 0 aliphatic carbocycles. The van der Waals surface area contributed by atoms with Crippen LogP contribution in [0.4, 0.5) is 15.8 Å². The third kappa shape index (κ3) is 2.60. The van der Waals surface area contributed by atoms with Crippen LogP contribution in [-0.2, 0) is 5.88 Å². The molecule has 4 heteroatoms. The maximum atomic E-state index is 13.7. The molecule has 0 saturated heterocycles. The average molecular weight is 284 g/mol. The fourth-order valence-corrected chi connectivity index (χ4v) is 2.26. The number of para-hydroxylation sites is 1. The van der Waals surface area contributed by atoms with Crippen molar-refractivity contribution in [3.63, 3.8) is 0 Å². The van der Waals surface area contributed by atoms with Crippen molar-refractivity contribution in [3.05, 3.63) is 58.9 Å². The van der Waals surface area contributed by atoms with Gasteiger partial charge < -0.3 is 4.90 Å². The number of hydrogen-bond acceptors (Lipinski definition) is 1. The van der Waals surface area contributed by atoms with E-state index < -0.39 is 0 Å². The number of benzene rings is 2. The second-order valence-corrected chi connectivity index (χ2v) is 4.59. The van der Waals surface area contributed by atoms with E-state index in [0.29, 0.717) is 16.6 Å². The zero-order chi connectivity index (χ0) is 13.1. The molecule has 18 heavy (non-hydrogen) atoms. The van der Waals surface area contributed by atoms with Crippen LogP contribution in [0.15, 0.2) is 42.5 Å². The first-order chi connectivity index (χ1) is 8.63. The van der Waals surface area contributed by atoms with Crippen LogP contribution in [0, 0.1) is 5.82 Å². The Balaban J connectivity index is 2.37. The topological polar surface area (TPSA) is 3.24 Å². The van der Waals surface area contributed by atoms with E-state index in [-0.39, 0.29) is 5.82 Å². The molecule has 0 saturated carbocycles. The van der Waals surface area contributed by atoms with Gasteiger partial charge in [-0.25, -0.2) is 4.39 Å². The maximum Gasteiger partial charge on any atom is 0.146 e. The summed E-state index contributed by atoms with van der Waals surface area (Å²) in [5.74, 6) is 0.0975. The normalized spacial score (nSPS) is 10.4. The van der Waals surface area contributed by atoms with Gasteiger partial charge in [-0.15, -0.1) is 11.6 Å². The summed E-state index contributed by atoms with van der Waals surface area (Å²) in [5.41, 5.74) is 2.19. The van der Waals surface area contributed by atoms with Crippen molar-refractivity contribution in [2.24, 2.45) is 0 Å². The molecule has 2 aromatic rings. The molecule has 0 heterocycles. The monoisotopic (exact) mass is 283 g/mol. The van der Waals surface area contributed by atoms with E-state index in [1.807, 2.05) is 12.1 Å². The van der Waals surface area contributed by atoms with Crippen molar-refractivity contribution < 1.29 is 4.39 Å². The minimum absolute atomic E-state index is 0.266. The summed E-state index contributed by atoms with van der Waals surface area (Å²) in [4.78, 5) is 1.75. The quantitative estimate of drug-likeness (QED) is 0.718. The van der Waals surface area contributed by atoms with Crippen molar-refractivity contribution in [2.75, 3.05) is 11.9 Å². The Morgan fingerprint density at radius 3 is 2.50 bits per heavy atom. The first-order valence-electron chi connectivity index (χ1n) is 5.46. The minimum atomic E-state index is -0.266. The van der Waals surface area contributed by atoms with Crippen LogP contribution in [0.3, 0.4) is 0 Å². The van der Waals surface area contributed by atoms with Crippen LogP contribution < -0.4 is 4.90 Å². The van der Waals surface area contributed by atoms with Gasteiger partial charge in [-0.2, -0.15) is 0 Å². The molecule has 2 aromatic carbocycles. The Morgan fingerprint density at radius 2 is 1.89 bits per heavy atom. The van der Waals surface area contributed by atoms with Crippen LogP contribution in [-0.4, -0.2) is 7.05 Å². The molecular weight excluding hydrogens is 272 g/mol. The fourth-order valence-electron chi connectivity index (χ4n) is 1.72. The van der Waals surface area contributed by atoms with Gasteiger partial charge in [0, 0.05) is 23.6 Å². The Bertz CT molecular complexity index is 557. The molecule has 0 radical (unpaired) electrons. The number of halogens is 3. The number of rotatable bonds is 3. The highest BCUT2D eigenvalue weighted by molar-refractivity contribution is 6.32. The van der Waals surface area contributed by atoms with Crippen molar-refractivity contribution >= 4 is 34.6 Å². The molecule has 1 nitrogen and oxygen atoms in total. The standard InChI is InChI=1S/C14H12Cl2FN/c1-18(14-5-3-2-4-13(14)17)11-7-6-10(9-15)12(16)8-11/h2-8H,9H2,1H3. The summed E-state index contributed by atoms with van der Waals surface area (Å²) >= 11 is 11.8. The van der Waals surface area contributed by atoms with E-state index in [9.17, 15) is 4.39 Å². The number of nitrogens with zero attached hydrogens (tertiary/aromatic N) is 1. The average Bonchev–Trinajstić information content (AvgIpc) is 2.38. The van der Waals surface area contributed by atoms with Gasteiger partial charge in [0.2, 0.25) is 0 Å². The van der Waals surface area contributed by atoms with E-state index in [4.69, 9.17) is 23.2 Å². The van der Waals surface area contributed by atoms with Gasteiger partial charge in [0.25, 0.3) is 0 Å². The second-order valence-electron chi connectivity index (χ2n) is 3.92. The van der Waals surface area contributed by atoms with E-state index >= 15 is 0 Å². The van der Waals surface area contributed by atoms with E-state index in [1.54, 1.807) is 36.2 Å². The Hall–Kier alpha value is -1.25. The van der Waals surface area contributed by atoms with E-state index in [0.717, 1.165) is 11.3 Å². The van der Waals surface area contributed by atoms with E-state index in [1.165, 1.54) is 6.07 Å². The van der Waals surface area contributed by atoms with Crippen molar-refractivity contribution in [3.8, 4) is 0 Å². The van der Waals surface area contributed by atoms with Crippen LogP contribution in [0.5, 0.6) is 0 Å². The molecule has 94 valence electrons. The van der Waals surface area contributed by atoms with Crippen LogP contribution in [0.1, 0.15) is 5.56 Å². The molecule has 0 aromatic heterocycles. The van der Waals surface area contributed by atoms with Crippen LogP contribution >= 0.6 is 23.2 Å². The SMILES string of the molecule is CN(c1ccc(CCl)c(Cl)c1)c1ccccc1F. The van der Waals surface area contributed by atoms with Crippen LogP contribution in [0.25, 0.3) is 0 Å². The smallest absolute Gasteiger partial charge is 0.146 e. The minimum Gasteiger partial charge on any atom is -0.342 e. The predicted molar refractivity (Wildman–Crippen MR) is 75.5 cm³/mol. The Kier molecular flexibility index (Phi) is 4.10. The molecular formula is C14H12Cl2FN. The molecule has 0 amide bonds. The highest BCUT2D eigenvalue weighted by Crippen LogP contribution is 2.30. The van der Waals surface area contributed by atoms with E-state index in [2.05, 4.69) is 0 Å². The zero-order valence-electron chi connectivity index (χ0n) is 9.83. The van der Waals surface area contributed by atoms with Crippen molar-refractivity contribution in [1.29, 1.82) is 0 Å². The summed E-state index contributed by atoms with van der Waals surface area (Å²) in [5, 5.41) is 0.589. The lowest BCUT2D eigenvalue weighted by Gasteiger charge is -2.20. The molecule has 0 aliphatic heterocycles. The lowest BCUT2D eigenvalue weighted by atomic mass is 10.2. The van der Waals surface area contributed by atoms with Gasteiger partial charge in [-0.1, -0.05) is 29.8 Å². The predicted octanol–water partition coefficient (Wildman–Crippen LogP) is 4.99. The van der Waals surface area contributed by atoms with Gasteiger partial charge in [-0.05, 0) is 29.8 Å². The molecule has 0 aliphatic rings. The summed E-state index contributed by atoms with van der Waals surface area (Å²) < 4.78 is 13.7. The third-order valence-electron chi connectivity index (χ3n) is 2.78. The summed E-state index contributed by atoms with van der Waals surface area (Å²) in [7, 11) is 1.80. The molecule has 0 fully saturated rings. The number of anilines is 2. The summed E-state index contributed by atoms with van der Waals surface area (Å²) in [6.07, 6.45) is 0. The van der Waals surface area contributed by atoms with Gasteiger partial charge >= 0.3 is 0 Å². The molecule has 0 unspecified atom stereocenters. The first kappa shape index (κ1) is 13.2. The van der Waals surface area contributed by atoms with Gasteiger partial charge in [0.05, 0.1) is 5.69 Å².